The van der Waals surface area contributed by atoms with Crippen LogP contribution in [0.5, 0.6) is 11.5 Å². The van der Waals surface area contributed by atoms with Crippen molar-refractivity contribution in [2.24, 2.45) is 0 Å². The number of rotatable bonds is 4. The van der Waals surface area contributed by atoms with Gasteiger partial charge in [0.1, 0.15) is 17.1 Å². The molecule has 0 bridgehead atoms. The smallest absolute Gasteiger partial charge is 0.309 e. The van der Waals surface area contributed by atoms with Crippen LogP contribution in [0.25, 0.3) is 0 Å². The molecule has 0 fully saturated rings. The first-order chi connectivity index (χ1) is 7.43. The highest BCUT2D eigenvalue weighted by Crippen LogP contribution is 2.23. The van der Waals surface area contributed by atoms with E-state index in [2.05, 4.69) is 4.74 Å². The Kier molecular flexibility index (Phi) is 3.77. The molecule has 0 saturated heterocycles. The molecule has 0 unspecified atom stereocenters. The number of hydrogen-bond donors (Lipinski definition) is 1. The van der Waals surface area contributed by atoms with E-state index in [4.69, 9.17) is 9.84 Å². The number of aromatic hydroxyl groups is 1. The first-order valence-electron chi connectivity index (χ1n) is 4.98. The van der Waals surface area contributed by atoms with Gasteiger partial charge in [-0.1, -0.05) is 0 Å². The number of benzene rings is 1. The zero-order valence-corrected chi connectivity index (χ0v) is 9.69. The highest BCUT2D eigenvalue weighted by molar-refractivity contribution is 5.70. The second kappa shape index (κ2) is 4.88. The average Bonchev–Trinajstić information content (AvgIpc) is 2.20. The summed E-state index contributed by atoms with van der Waals surface area (Å²) in [7, 11) is 1.35. The molecule has 1 aromatic carbocycles. The molecule has 0 saturated carbocycles. The molecule has 1 aromatic rings. The third-order valence-corrected chi connectivity index (χ3v) is 2.03. The Morgan fingerprint density at radius 3 is 2.38 bits per heavy atom. The fraction of sp³-hybridized carbons (Fsp3) is 0.417. The normalized spacial score (nSPS) is 10.9. The molecule has 88 valence electrons. The van der Waals surface area contributed by atoms with Crippen molar-refractivity contribution in [2.45, 2.75) is 25.9 Å². The van der Waals surface area contributed by atoms with Gasteiger partial charge in [0.25, 0.3) is 0 Å². The van der Waals surface area contributed by atoms with Crippen molar-refractivity contribution < 1.29 is 19.4 Å². The molecule has 0 aliphatic carbocycles. The zero-order chi connectivity index (χ0) is 12.2. The number of phenols is 1. The Morgan fingerprint density at radius 2 is 1.88 bits per heavy atom. The van der Waals surface area contributed by atoms with E-state index < -0.39 is 5.60 Å². The predicted molar refractivity (Wildman–Crippen MR) is 59.4 cm³/mol. The largest absolute Gasteiger partial charge is 0.508 e. The molecule has 0 spiro atoms. The Bertz CT molecular complexity index is 354. The highest BCUT2D eigenvalue weighted by Gasteiger charge is 2.24. The SMILES string of the molecule is COC(=O)CC(C)(C)Oc1ccc(O)cc1. The molecule has 4 nitrogen and oxygen atoms in total. The van der Waals surface area contributed by atoms with Crippen molar-refractivity contribution in [1.29, 1.82) is 0 Å². The molecule has 0 atom stereocenters. The summed E-state index contributed by atoms with van der Waals surface area (Å²) in [5.74, 6) is 0.466. The fourth-order valence-electron chi connectivity index (χ4n) is 1.29. The van der Waals surface area contributed by atoms with E-state index in [-0.39, 0.29) is 18.1 Å². The van der Waals surface area contributed by atoms with Crippen molar-refractivity contribution in [3.05, 3.63) is 24.3 Å². The van der Waals surface area contributed by atoms with Crippen molar-refractivity contribution in [2.75, 3.05) is 7.11 Å². The molecule has 0 heterocycles. The molecule has 0 radical (unpaired) electrons. The summed E-state index contributed by atoms with van der Waals surface area (Å²) in [6, 6.07) is 6.36. The van der Waals surface area contributed by atoms with E-state index >= 15 is 0 Å². The third kappa shape index (κ3) is 3.81. The monoisotopic (exact) mass is 224 g/mol. The first kappa shape index (κ1) is 12.4. The van der Waals surface area contributed by atoms with Crippen LogP contribution in [-0.2, 0) is 9.53 Å². The van der Waals surface area contributed by atoms with E-state index in [0.29, 0.717) is 5.75 Å². The number of methoxy groups -OCH3 is 1. The number of carbonyl (C=O) groups excluding carboxylic acids is 1. The Hall–Kier alpha value is -1.71. The summed E-state index contributed by atoms with van der Waals surface area (Å²) in [5, 5.41) is 9.11. The van der Waals surface area contributed by atoms with Gasteiger partial charge in [0.05, 0.1) is 13.5 Å². The Labute approximate surface area is 94.8 Å². The molecular formula is C12H16O4. The Morgan fingerprint density at radius 1 is 1.31 bits per heavy atom. The minimum atomic E-state index is -0.635. The lowest BCUT2D eigenvalue weighted by Gasteiger charge is -2.25. The lowest BCUT2D eigenvalue weighted by atomic mass is 10.1. The van der Waals surface area contributed by atoms with Crippen LogP contribution in [0.2, 0.25) is 0 Å². The van der Waals surface area contributed by atoms with Gasteiger partial charge in [-0.15, -0.1) is 0 Å². The molecule has 1 rings (SSSR count). The molecule has 4 heteroatoms. The molecule has 0 aliphatic heterocycles. The van der Waals surface area contributed by atoms with E-state index in [1.165, 1.54) is 19.2 Å². The van der Waals surface area contributed by atoms with Crippen LogP contribution >= 0.6 is 0 Å². The summed E-state index contributed by atoms with van der Waals surface area (Å²) in [4.78, 5) is 11.1. The van der Waals surface area contributed by atoms with Crippen LogP contribution in [0.4, 0.5) is 0 Å². The maximum atomic E-state index is 11.1. The number of phenolic OH excluding ortho intramolecular Hbond substituents is 1. The van der Waals surface area contributed by atoms with Gasteiger partial charge in [0.2, 0.25) is 0 Å². The van der Waals surface area contributed by atoms with Crippen LogP contribution in [0.3, 0.4) is 0 Å². The van der Waals surface area contributed by atoms with Gasteiger partial charge in [-0.25, -0.2) is 0 Å². The minimum Gasteiger partial charge on any atom is -0.508 e. The van der Waals surface area contributed by atoms with Crippen LogP contribution in [0, 0.1) is 0 Å². The third-order valence-electron chi connectivity index (χ3n) is 2.03. The second-order valence-corrected chi connectivity index (χ2v) is 4.11. The van der Waals surface area contributed by atoms with Gasteiger partial charge in [-0.2, -0.15) is 0 Å². The quantitative estimate of drug-likeness (QED) is 0.796. The van der Waals surface area contributed by atoms with Gasteiger partial charge < -0.3 is 14.6 Å². The second-order valence-electron chi connectivity index (χ2n) is 4.11. The van der Waals surface area contributed by atoms with E-state index in [0.717, 1.165) is 0 Å². The summed E-state index contributed by atoms with van der Waals surface area (Å²) in [5.41, 5.74) is -0.635. The number of carbonyl (C=O) groups is 1. The maximum Gasteiger partial charge on any atom is 0.309 e. The molecule has 0 aromatic heterocycles. The zero-order valence-electron chi connectivity index (χ0n) is 9.69. The van der Waals surface area contributed by atoms with Crippen LogP contribution in [0.1, 0.15) is 20.3 Å². The van der Waals surface area contributed by atoms with Gasteiger partial charge in [0.15, 0.2) is 0 Å². The van der Waals surface area contributed by atoms with Gasteiger partial charge in [-0.05, 0) is 38.1 Å². The van der Waals surface area contributed by atoms with E-state index in [1.54, 1.807) is 26.0 Å². The molecule has 0 aliphatic rings. The standard InChI is InChI=1S/C12H16O4/c1-12(2,8-11(14)15-3)16-10-6-4-9(13)5-7-10/h4-7,13H,8H2,1-3H3. The maximum absolute atomic E-state index is 11.1. The summed E-state index contributed by atoms with van der Waals surface area (Å²) < 4.78 is 10.2. The van der Waals surface area contributed by atoms with Crippen LogP contribution < -0.4 is 4.74 Å². The van der Waals surface area contributed by atoms with Crippen molar-refractivity contribution in [3.8, 4) is 11.5 Å². The Balaban J connectivity index is 2.64. The number of hydrogen-bond acceptors (Lipinski definition) is 4. The molecule has 1 N–H and O–H groups in total. The van der Waals surface area contributed by atoms with Crippen LogP contribution in [0.15, 0.2) is 24.3 Å². The van der Waals surface area contributed by atoms with Crippen molar-refractivity contribution >= 4 is 5.97 Å². The van der Waals surface area contributed by atoms with E-state index in [9.17, 15) is 4.79 Å². The van der Waals surface area contributed by atoms with Crippen LogP contribution in [-0.4, -0.2) is 23.8 Å². The summed E-state index contributed by atoms with van der Waals surface area (Å²) in [6.07, 6.45) is 0.171. The lowest BCUT2D eigenvalue weighted by Crippen LogP contribution is -2.31. The van der Waals surface area contributed by atoms with Crippen molar-refractivity contribution in [1.82, 2.24) is 0 Å². The predicted octanol–water partition coefficient (Wildman–Crippen LogP) is 2.11. The molecular weight excluding hydrogens is 208 g/mol. The van der Waals surface area contributed by atoms with Gasteiger partial charge in [0, 0.05) is 0 Å². The average molecular weight is 224 g/mol. The molecule has 0 amide bonds. The topological polar surface area (TPSA) is 55.8 Å². The summed E-state index contributed by atoms with van der Waals surface area (Å²) >= 11 is 0. The minimum absolute atomic E-state index is 0.171. The molecule has 16 heavy (non-hydrogen) atoms. The highest BCUT2D eigenvalue weighted by atomic mass is 16.5. The fourth-order valence-corrected chi connectivity index (χ4v) is 1.29. The number of ether oxygens (including phenoxy) is 2. The lowest BCUT2D eigenvalue weighted by molar-refractivity contribution is -0.144. The number of esters is 1. The van der Waals surface area contributed by atoms with Gasteiger partial charge in [-0.3, -0.25) is 4.79 Å². The first-order valence-corrected chi connectivity index (χ1v) is 4.98. The van der Waals surface area contributed by atoms with E-state index in [1.807, 2.05) is 0 Å². The summed E-state index contributed by atoms with van der Waals surface area (Å²) in [6.45, 7) is 3.60. The van der Waals surface area contributed by atoms with Gasteiger partial charge >= 0.3 is 5.97 Å². The van der Waals surface area contributed by atoms with Crippen molar-refractivity contribution in [3.63, 3.8) is 0 Å².